The van der Waals surface area contributed by atoms with Crippen LogP contribution in [0.5, 0.6) is 0 Å². The predicted octanol–water partition coefficient (Wildman–Crippen LogP) is 3.02. The van der Waals surface area contributed by atoms with Gasteiger partial charge in [0.1, 0.15) is 12.2 Å². The second-order valence-corrected chi connectivity index (χ2v) is 9.98. The van der Waals surface area contributed by atoms with Crippen molar-refractivity contribution in [2.24, 2.45) is 5.73 Å². The van der Waals surface area contributed by atoms with Gasteiger partial charge in [-0.3, -0.25) is 0 Å². The van der Waals surface area contributed by atoms with Gasteiger partial charge in [0.2, 0.25) is 0 Å². The summed E-state index contributed by atoms with van der Waals surface area (Å²) in [6, 6.07) is 0. The number of nitrogens with two attached hydrogens (primary N) is 1. The fraction of sp³-hybridized carbons (Fsp3) is 1.00. The van der Waals surface area contributed by atoms with Gasteiger partial charge in [0.05, 0.1) is 39.1 Å². The highest BCUT2D eigenvalue weighted by Gasteiger charge is 2.33. The largest absolute Gasteiger partial charge is 0.379 e. The van der Waals surface area contributed by atoms with Crippen LogP contribution < -0.4 is 5.73 Å². The van der Waals surface area contributed by atoms with Gasteiger partial charge in [-0.25, -0.2) is 0 Å². The number of hydrogen-bond donors (Lipinski definition) is 1. The lowest BCUT2D eigenvalue weighted by Gasteiger charge is -2.17. The van der Waals surface area contributed by atoms with Crippen LogP contribution in [0.2, 0.25) is 0 Å². The molecule has 0 spiro atoms. The second-order valence-electron chi connectivity index (χ2n) is 9.98. The molecule has 202 valence electrons. The second kappa shape index (κ2) is 16.4. The predicted molar refractivity (Wildman–Crippen MR) is 129 cm³/mol. The van der Waals surface area contributed by atoms with Crippen LogP contribution in [0, 0.1) is 0 Å². The molecule has 0 aromatic rings. The van der Waals surface area contributed by atoms with E-state index in [-0.39, 0.29) is 18.3 Å². The van der Waals surface area contributed by atoms with E-state index in [4.69, 9.17) is 43.6 Å². The van der Waals surface area contributed by atoms with Crippen molar-refractivity contribution in [1.82, 2.24) is 0 Å². The molecule has 0 saturated carbocycles. The van der Waals surface area contributed by atoms with E-state index >= 15 is 0 Å². The molecule has 9 heteroatoms. The van der Waals surface area contributed by atoms with Gasteiger partial charge in [-0.2, -0.15) is 0 Å². The minimum Gasteiger partial charge on any atom is -0.379 e. The van der Waals surface area contributed by atoms with Gasteiger partial charge in [0, 0.05) is 33.0 Å². The Balaban J connectivity index is 1.31. The van der Waals surface area contributed by atoms with E-state index in [9.17, 15) is 0 Å². The van der Waals surface area contributed by atoms with Gasteiger partial charge in [-0.1, -0.05) is 0 Å². The molecule has 0 aliphatic carbocycles. The summed E-state index contributed by atoms with van der Waals surface area (Å²) >= 11 is 0. The van der Waals surface area contributed by atoms with E-state index < -0.39 is 11.6 Å². The van der Waals surface area contributed by atoms with E-state index in [1.54, 1.807) is 0 Å². The molecule has 0 bridgehead atoms. The Labute approximate surface area is 206 Å². The monoisotopic (exact) mass is 491 g/mol. The Bertz CT molecular complexity index is 519. The Kier molecular flexibility index (Phi) is 14.4. The molecule has 3 unspecified atom stereocenters. The average molecular weight is 492 g/mol. The lowest BCUT2D eigenvalue weighted by Crippen LogP contribution is -2.29. The Morgan fingerprint density at radius 1 is 0.706 bits per heavy atom. The van der Waals surface area contributed by atoms with Crippen molar-refractivity contribution in [2.75, 3.05) is 66.0 Å². The van der Waals surface area contributed by atoms with Gasteiger partial charge in [0.25, 0.3) is 0 Å². The number of unbranched alkanes of at least 4 members (excludes halogenated alkanes) is 4. The van der Waals surface area contributed by atoms with Crippen molar-refractivity contribution in [3.63, 3.8) is 0 Å². The molecule has 2 fully saturated rings. The van der Waals surface area contributed by atoms with Crippen LogP contribution in [-0.4, -0.2) is 95.9 Å². The van der Waals surface area contributed by atoms with E-state index in [0.717, 1.165) is 58.3 Å². The van der Waals surface area contributed by atoms with Crippen LogP contribution in [0.25, 0.3) is 0 Å². The maximum Gasteiger partial charge on any atom is 0.163 e. The Morgan fingerprint density at radius 2 is 1.18 bits per heavy atom. The number of rotatable bonds is 20. The van der Waals surface area contributed by atoms with Crippen molar-refractivity contribution in [3.8, 4) is 0 Å². The summed E-state index contributed by atoms with van der Waals surface area (Å²) in [5.41, 5.74) is 5.81. The zero-order valence-corrected chi connectivity index (χ0v) is 21.9. The lowest BCUT2D eigenvalue weighted by molar-refractivity contribution is -0.145. The lowest BCUT2D eigenvalue weighted by atomic mass is 10.2. The van der Waals surface area contributed by atoms with Crippen LogP contribution in [0.4, 0.5) is 0 Å². The number of hydrogen-bond acceptors (Lipinski definition) is 9. The van der Waals surface area contributed by atoms with Crippen molar-refractivity contribution in [2.45, 2.75) is 96.1 Å². The first kappa shape index (κ1) is 29.9. The van der Waals surface area contributed by atoms with Crippen LogP contribution in [0.15, 0.2) is 0 Å². The van der Waals surface area contributed by atoms with Crippen LogP contribution in [0.1, 0.15) is 66.2 Å². The third-order valence-corrected chi connectivity index (χ3v) is 5.67. The summed E-state index contributed by atoms with van der Waals surface area (Å²) in [7, 11) is 0. The quantitative estimate of drug-likeness (QED) is 0.258. The van der Waals surface area contributed by atoms with E-state index in [2.05, 4.69) is 0 Å². The first-order valence-corrected chi connectivity index (χ1v) is 13.0. The summed E-state index contributed by atoms with van der Waals surface area (Å²) in [6.07, 6.45) is 6.19. The van der Waals surface area contributed by atoms with Crippen molar-refractivity contribution >= 4 is 0 Å². The highest BCUT2D eigenvalue weighted by atomic mass is 16.8. The SMILES string of the molecule is CC1(C)OCC(COCCCCCOCC(CN)OCCCCCOCC2COC(C)(C)O2)O1. The van der Waals surface area contributed by atoms with Gasteiger partial charge in [-0.15, -0.1) is 0 Å². The zero-order valence-electron chi connectivity index (χ0n) is 21.9. The van der Waals surface area contributed by atoms with Crippen LogP contribution in [0.3, 0.4) is 0 Å². The van der Waals surface area contributed by atoms with Gasteiger partial charge in [0.15, 0.2) is 11.6 Å². The molecule has 0 radical (unpaired) electrons. The molecular weight excluding hydrogens is 442 g/mol. The molecule has 34 heavy (non-hydrogen) atoms. The maximum atomic E-state index is 5.86. The summed E-state index contributed by atoms with van der Waals surface area (Å²) in [4.78, 5) is 0. The van der Waals surface area contributed by atoms with E-state index in [1.165, 1.54) is 0 Å². The third kappa shape index (κ3) is 13.7. The molecule has 0 aromatic carbocycles. The molecule has 2 saturated heterocycles. The van der Waals surface area contributed by atoms with Gasteiger partial charge in [-0.05, 0) is 66.2 Å². The van der Waals surface area contributed by atoms with Crippen molar-refractivity contribution in [1.29, 1.82) is 0 Å². The van der Waals surface area contributed by atoms with Crippen LogP contribution >= 0.6 is 0 Å². The normalized spacial score (nSPS) is 24.6. The van der Waals surface area contributed by atoms with E-state index in [0.29, 0.717) is 46.2 Å². The zero-order chi connectivity index (χ0) is 24.7. The summed E-state index contributed by atoms with van der Waals surface area (Å²) in [6.45, 7) is 14.0. The molecule has 2 rings (SSSR count). The van der Waals surface area contributed by atoms with E-state index in [1.807, 2.05) is 27.7 Å². The molecule has 2 aliphatic heterocycles. The number of ether oxygens (including phenoxy) is 8. The summed E-state index contributed by atoms with van der Waals surface area (Å²) < 4.78 is 45.5. The van der Waals surface area contributed by atoms with Crippen molar-refractivity contribution in [3.05, 3.63) is 0 Å². The first-order valence-electron chi connectivity index (χ1n) is 13.0. The first-order chi connectivity index (χ1) is 16.3. The molecular formula is C25H49NO8. The minimum absolute atomic E-state index is 0.0389. The van der Waals surface area contributed by atoms with Crippen molar-refractivity contribution < 1.29 is 37.9 Å². The Hall–Kier alpha value is -0.360. The molecule has 0 amide bonds. The molecule has 2 N–H and O–H groups in total. The minimum atomic E-state index is -0.484. The highest BCUT2D eigenvalue weighted by molar-refractivity contribution is 4.71. The smallest absolute Gasteiger partial charge is 0.163 e. The fourth-order valence-electron chi connectivity index (χ4n) is 3.84. The molecule has 3 atom stereocenters. The fourth-order valence-corrected chi connectivity index (χ4v) is 3.84. The standard InChI is InChI=1S/C25H49NO8/c1-24(2)31-19-22(33-24)17-28-12-8-5-7-11-27-16-21(15-26)30-14-10-6-9-13-29-18-23-20-32-25(3,4)34-23/h21-23H,5-20,26H2,1-4H3. The molecule has 9 nitrogen and oxygen atoms in total. The topological polar surface area (TPSA) is 99.9 Å². The Morgan fingerprint density at radius 3 is 1.62 bits per heavy atom. The summed E-state index contributed by atoms with van der Waals surface area (Å²) in [5, 5.41) is 0. The molecule has 2 aliphatic rings. The molecule has 0 aromatic heterocycles. The van der Waals surface area contributed by atoms with Crippen LogP contribution in [-0.2, 0) is 37.9 Å². The van der Waals surface area contributed by atoms with Gasteiger partial charge < -0.3 is 43.6 Å². The maximum absolute atomic E-state index is 5.86. The average Bonchev–Trinajstić information content (AvgIpc) is 3.32. The third-order valence-electron chi connectivity index (χ3n) is 5.67. The summed E-state index contributed by atoms with van der Waals surface area (Å²) in [5.74, 6) is -0.965. The molecule has 2 heterocycles. The van der Waals surface area contributed by atoms with Gasteiger partial charge >= 0.3 is 0 Å². The highest BCUT2D eigenvalue weighted by Crippen LogP contribution is 2.23.